The Hall–Kier alpha value is -1.56. The van der Waals surface area contributed by atoms with E-state index in [2.05, 4.69) is 50.8 Å². The molecule has 112 valence electrons. The first-order valence-corrected chi connectivity index (χ1v) is 7.72. The van der Waals surface area contributed by atoms with Gasteiger partial charge in [-0.15, -0.1) is 0 Å². The highest BCUT2D eigenvalue weighted by molar-refractivity contribution is 5.59. The van der Waals surface area contributed by atoms with Crippen LogP contribution in [0.5, 0.6) is 0 Å². The van der Waals surface area contributed by atoms with E-state index >= 15 is 0 Å². The van der Waals surface area contributed by atoms with Gasteiger partial charge in [-0.2, -0.15) is 0 Å². The van der Waals surface area contributed by atoms with Gasteiger partial charge in [0.1, 0.15) is 0 Å². The first kappa shape index (κ1) is 20.8. The minimum Gasteiger partial charge on any atom is -0.0991 e. The number of hydrogen-bond donors (Lipinski definition) is 0. The molecule has 0 radical (unpaired) electrons. The fraction of sp³-hybridized carbons (Fsp3) is 0.400. The predicted octanol–water partition coefficient (Wildman–Crippen LogP) is 6.95. The summed E-state index contributed by atoms with van der Waals surface area (Å²) in [7, 11) is 0. The number of allylic oxidation sites excluding steroid dienone is 11. The Balaban J connectivity index is 0. The molecule has 0 bridgehead atoms. The summed E-state index contributed by atoms with van der Waals surface area (Å²) in [5.74, 6) is 0. The van der Waals surface area contributed by atoms with Crippen molar-refractivity contribution in [2.24, 2.45) is 0 Å². The van der Waals surface area contributed by atoms with Gasteiger partial charge < -0.3 is 0 Å². The lowest BCUT2D eigenvalue weighted by atomic mass is 10.1. The van der Waals surface area contributed by atoms with Gasteiger partial charge in [-0.1, -0.05) is 76.8 Å². The van der Waals surface area contributed by atoms with Crippen LogP contribution < -0.4 is 0 Å². The molecule has 0 aromatic carbocycles. The van der Waals surface area contributed by atoms with Crippen LogP contribution in [0.2, 0.25) is 0 Å². The summed E-state index contributed by atoms with van der Waals surface area (Å²) in [5.41, 5.74) is 5.52. The Bertz CT molecular complexity index is 409. The first-order chi connectivity index (χ1) is 9.74. The summed E-state index contributed by atoms with van der Waals surface area (Å²) in [6.45, 7) is 18.1. The SMILES string of the molecule is C=C/C=C1CC(/C=C\C=C\C)=C(C)C/1=C/C.CC.CC. The van der Waals surface area contributed by atoms with Gasteiger partial charge in [0.25, 0.3) is 0 Å². The third kappa shape index (κ3) is 6.56. The van der Waals surface area contributed by atoms with Gasteiger partial charge >= 0.3 is 0 Å². The number of hydrogen-bond acceptors (Lipinski definition) is 0. The molecule has 1 aliphatic rings. The molecule has 0 aromatic rings. The van der Waals surface area contributed by atoms with Gasteiger partial charge in [-0.25, -0.2) is 0 Å². The van der Waals surface area contributed by atoms with Crippen molar-refractivity contribution >= 4 is 0 Å². The van der Waals surface area contributed by atoms with E-state index in [0.29, 0.717) is 0 Å². The van der Waals surface area contributed by atoms with E-state index in [9.17, 15) is 0 Å². The van der Waals surface area contributed by atoms with Crippen molar-refractivity contribution in [2.75, 3.05) is 0 Å². The second-order valence-corrected chi connectivity index (χ2v) is 3.84. The zero-order chi connectivity index (χ0) is 16.0. The maximum absolute atomic E-state index is 3.77. The quantitative estimate of drug-likeness (QED) is 0.488. The minimum absolute atomic E-state index is 1.02. The van der Waals surface area contributed by atoms with Crippen molar-refractivity contribution in [1.29, 1.82) is 0 Å². The molecule has 0 aromatic heterocycles. The van der Waals surface area contributed by atoms with Crippen molar-refractivity contribution in [3.05, 3.63) is 71.4 Å². The van der Waals surface area contributed by atoms with Crippen LogP contribution in [0.1, 0.15) is 54.9 Å². The molecule has 0 atom stereocenters. The van der Waals surface area contributed by atoms with Crippen molar-refractivity contribution in [3.8, 4) is 0 Å². The van der Waals surface area contributed by atoms with E-state index in [4.69, 9.17) is 0 Å². The average Bonchev–Trinajstić information content (AvgIpc) is 2.80. The lowest BCUT2D eigenvalue weighted by molar-refractivity contribution is 1.25. The molecule has 1 rings (SSSR count). The van der Waals surface area contributed by atoms with Gasteiger partial charge in [0.2, 0.25) is 0 Å². The smallest absolute Gasteiger partial charge is 0.00170 e. The van der Waals surface area contributed by atoms with E-state index in [1.165, 1.54) is 22.3 Å². The van der Waals surface area contributed by atoms with Crippen molar-refractivity contribution < 1.29 is 0 Å². The molecule has 20 heavy (non-hydrogen) atoms. The summed E-state index contributed by atoms with van der Waals surface area (Å²) in [5, 5.41) is 0. The zero-order valence-corrected chi connectivity index (χ0v) is 14.5. The molecule has 0 saturated heterocycles. The van der Waals surface area contributed by atoms with Crippen molar-refractivity contribution in [3.63, 3.8) is 0 Å². The molecule has 0 heteroatoms. The van der Waals surface area contributed by atoms with Crippen LogP contribution in [0.3, 0.4) is 0 Å². The molecule has 0 spiro atoms. The summed E-state index contributed by atoms with van der Waals surface area (Å²) >= 11 is 0. The molecule has 0 fully saturated rings. The summed E-state index contributed by atoms with van der Waals surface area (Å²) in [6.07, 6.45) is 15.6. The van der Waals surface area contributed by atoms with Crippen LogP contribution in [0, 0.1) is 0 Å². The van der Waals surface area contributed by atoms with Gasteiger partial charge in [0, 0.05) is 0 Å². The molecular formula is C20H32. The van der Waals surface area contributed by atoms with Crippen LogP contribution in [-0.2, 0) is 0 Å². The second-order valence-electron chi connectivity index (χ2n) is 3.84. The Morgan fingerprint density at radius 3 is 2.05 bits per heavy atom. The number of rotatable bonds is 3. The summed E-state index contributed by atoms with van der Waals surface area (Å²) < 4.78 is 0. The van der Waals surface area contributed by atoms with Crippen molar-refractivity contribution in [2.45, 2.75) is 54.9 Å². The molecule has 0 amide bonds. The summed E-state index contributed by atoms with van der Waals surface area (Å²) in [6, 6.07) is 0. The van der Waals surface area contributed by atoms with E-state index in [0.717, 1.165) is 6.42 Å². The van der Waals surface area contributed by atoms with Gasteiger partial charge in [-0.3, -0.25) is 0 Å². The molecule has 0 unspecified atom stereocenters. The Morgan fingerprint density at radius 1 is 1.00 bits per heavy atom. The summed E-state index contributed by atoms with van der Waals surface area (Å²) in [4.78, 5) is 0. The molecule has 0 nitrogen and oxygen atoms in total. The fourth-order valence-corrected chi connectivity index (χ4v) is 2.01. The fourth-order valence-electron chi connectivity index (χ4n) is 2.01. The largest absolute Gasteiger partial charge is 0.0991 e. The Morgan fingerprint density at radius 2 is 1.60 bits per heavy atom. The van der Waals surface area contributed by atoms with Crippen LogP contribution in [0.15, 0.2) is 71.4 Å². The molecule has 0 aliphatic heterocycles. The zero-order valence-electron chi connectivity index (χ0n) is 14.5. The van der Waals surface area contributed by atoms with Gasteiger partial charge in [0.05, 0.1) is 0 Å². The van der Waals surface area contributed by atoms with E-state index in [1.54, 1.807) is 0 Å². The highest BCUT2D eigenvalue weighted by Crippen LogP contribution is 2.36. The molecule has 1 aliphatic carbocycles. The first-order valence-electron chi connectivity index (χ1n) is 7.72. The average molecular weight is 272 g/mol. The molecular weight excluding hydrogens is 240 g/mol. The van der Waals surface area contributed by atoms with Gasteiger partial charge in [0.15, 0.2) is 0 Å². The monoisotopic (exact) mass is 272 g/mol. The van der Waals surface area contributed by atoms with Crippen LogP contribution in [-0.4, -0.2) is 0 Å². The van der Waals surface area contributed by atoms with Crippen LogP contribution in [0.4, 0.5) is 0 Å². The standard InChI is InChI=1S/C16H20.2C2H6/c1-5-8-9-11-14-12-15(10-6-2)16(7-3)13(14)4;2*1-2/h5-11H,2,12H2,1,3-4H3;2*1-2H3/b8-5+,11-9-,15-10-,16-7-;;. The van der Waals surface area contributed by atoms with E-state index in [-0.39, 0.29) is 0 Å². The Kier molecular flexibility index (Phi) is 14.4. The van der Waals surface area contributed by atoms with Crippen LogP contribution >= 0.6 is 0 Å². The maximum atomic E-state index is 3.77. The minimum atomic E-state index is 1.02. The third-order valence-electron chi connectivity index (χ3n) is 2.82. The lowest BCUT2D eigenvalue weighted by Crippen LogP contribution is -1.80. The second kappa shape index (κ2) is 13.9. The molecule has 0 saturated carbocycles. The maximum Gasteiger partial charge on any atom is -0.00170 e. The van der Waals surface area contributed by atoms with E-state index < -0.39 is 0 Å². The molecule has 0 heterocycles. The topological polar surface area (TPSA) is 0 Å². The van der Waals surface area contributed by atoms with Gasteiger partial charge in [-0.05, 0) is 49.5 Å². The van der Waals surface area contributed by atoms with E-state index in [1.807, 2.05) is 46.8 Å². The van der Waals surface area contributed by atoms with Crippen molar-refractivity contribution in [1.82, 2.24) is 0 Å². The molecule has 0 N–H and O–H groups in total. The predicted molar refractivity (Wildman–Crippen MR) is 96.0 cm³/mol. The lowest BCUT2D eigenvalue weighted by Gasteiger charge is -2.00. The highest BCUT2D eigenvalue weighted by Gasteiger charge is 2.17. The van der Waals surface area contributed by atoms with Crippen LogP contribution in [0.25, 0.3) is 0 Å². The Labute approximate surface area is 127 Å². The third-order valence-corrected chi connectivity index (χ3v) is 2.82. The highest BCUT2D eigenvalue weighted by atomic mass is 14.2. The normalized spacial score (nSPS) is 18.4.